The first-order chi connectivity index (χ1) is 11.5. The predicted octanol–water partition coefficient (Wildman–Crippen LogP) is 3.07. The number of hydrogen-bond donors (Lipinski definition) is 1. The molecule has 24 heavy (non-hydrogen) atoms. The molecule has 0 heterocycles. The molecular formula is C16H15ClN2O5. The van der Waals surface area contributed by atoms with E-state index in [4.69, 9.17) is 21.1 Å². The van der Waals surface area contributed by atoms with E-state index in [0.717, 1.165) is 6.07 Å². The molecule has 2 aromatic carbocycles. The van der Waals surface area contributed by atoms with Gasteiger partial charge in [-0.05, 0) is 18.2 Å². The first-order valence-electron chi connectivity index (χ1n) is 7.00. The summed E-state index contributed by atoms with van der Waals surface area (Å²) in [6.07, 6.45) is 0. The van der Waals surface area contributed by atoms with Gasteiger partial charge in [-0.1, -0.05) is 17.7 Å². The van der Waals surface area contributed by atoms with Gasteiger partial charge in [0.05, 0.1) is 29.2 Å². The standard InChI is InChI=1S/C16H15ClN2O5/c1-23-12-3-2-4-13(10-12)24-8-7-18-16(20)14-9-11(19(21)22)5-6-15(14)17/h2-6,9-10H,7-8H2,1H3,(H,18,20). The summed E-state index contributed by atoms with van der Waals surface area (Å²) >= 11 is 5.91. The molecule has 0 atom stereocenters. The maximum Gasteiger partial charge on any atom is 0.270 e. The molecule has 0 saturated heterocycles. The lowest BCUT2D eigenvalue weighted by atomic mass is 10.2. The van der Waals surface area contributed by atoms with Crippen molar-refractivity contribution in [2.75, 3.05) is 20.3 Å². The maximum atomic E-state index is 12.1. The summed E-state index contributed by atoms with van der Waals surface area (Å²) in [5.41, 5.74) is -0.149. The van der Waals surface area contributed by atoms with Gasteiger partial charge in [0.1, 0.15) is 18.1 Å². The molecule has 0 fully saturated rings. The summed E-state index contributed by atoms with van der Waals surface area (Å²) in [5.74, 6) is 0.773. The van der Waals surface area contributed by atoms with Crippen molar-refractivity contribution in [1.82, 2.24) is 5.32 Å². The number of nitro groups is 1. The average Bonchev–Trinajstić information content (AvgIpc) is 2.59. The number of hydrogen-bond acceptors (Lipinski definition) is 5. The topological polar surface area (TPSA) is 90.7 Å². The van der Waals surface area contributed by atoms with Crippen molar-refractivity contribution in [3.63, 3.8) is 0 Å². The Balaban J connectivity index is 1.89. The highest BCUT2D eigenvalue weighted by atomic mass is 35.5. The Morgan fingerprint density at radius 2 is 2.00 bits per heavy atom. The van der Waals surface area contributed by atoms with E-state index in [2.05, 4.69) is 5.32 Å². The van der Waals surface area contributed by atoms with E-state index in [1.165, 1.54) is 12.1 Å². The minimum Gasteiger partial charge on any atom is -0.497 e. The van der Waals surface area contributed by atoms with Crippen LogP contribution in [0.4, 0.5) is 5.69 Å². The van der Waals surface area contributed by atoms with Crippen molar-refractivity contribution >= 4 is 23.2 Å². The van der Waals surface area contributed by atoms with Crippen LogP contribution in [0.25, 0.3) is 0 Å². The number of non-ortho nitro benzene ring substituents is 1. The molecule has 0 bridgehead atoms. The fourth-order valence-corrected chi connectivity index (χ4v) is 2.12. The van der Waals surface area contributed by atoms with Crippen LogP contribution in [0.15, 0.2) is 42.5 Å². The minimum atomic E-state index is -0.584. The lowest BCUT2D eigenvalue weighted by Crippen LogP contribution is -2.28. The van der Waals surface area contributed by atoms with Crippen LogP contribution in [0.1, 0.15) is 10.4 Å². The zero-order valence-electron chi connectivity index (χ0n) is 12.8. The molecule has 1 amide bonds. The zero-order valence-corrected chi connectivity index (χ0v) is 13.6. The predicted molar refractivity (Wildman–Crippen MR) is 88.9 cm³/mol. The molecule has 0 saturated carbocycles. The molecule has 1 N–H and O–H groups in total. The molecule has 0 unspecified atom stereocenters. The number of carbonyl (C=O) groups is 1. The summed E-state index contributed by atoms with van der Waals surface area (Å²) in [7, 11) is 1.56. The molecule has 7 nitrogen and oxygen atoms in total. The summed E-state index contributed by atoms with van der Waals surface area (Å²) < 4.78 is 10.6. The number of methoxy groups -OCH3 is 1. The number of rotatable bonds is 7. The fraction of sp³-hybridized carbons (Fsp3) is 0.188. The molecule has 0 aliphatic heterocycles. The van der Waals surface area contributed by atoms with Gasteiger partial charge in [-0.25, -0.2) is 0 Å². The number of nitrogens with one attached hydrogen (secondary N) is 1. The van der Waals surface area contributed by atoms with Crippen molar-refractivity contribution in [2.24, 2.45) is 0 Å². The van der Waals surface area contributed by atoms with Crippen LogP contribution in [0.3, 0.4) is 0 Å². The number of ether oxygens (including phenoxy) is 2. The Hall–Kier alpha value is -2.80. The third kappa shape index (κ3) is 4.60. The van der Waals surface area contributed by atoms with Crippen LogP contribution >= 0.6 is 11.6 Å². The molecule has 0 aliphatic rings. The van der Waals surface area contributed by atoms with Crippen molar-refractivity contribution in [3.05, 3.63) is 63.2 Å². The molecular weight excluding hydrogens is 336 g/mol. The quantitative estimate of drug-likeness (QED) is 0.471. The minimum absolute atomic E-state index is 0.0484. The summed E-state index contributed by atoms with van der Waals surface area (Å²) in [6, 6.07) is 10.8. The number of carbonyl (C=O) groups excluding carboxylic acids is 1. The highest BCUT2D eigenvalue weighted by Gasteiger charge is 2.15. The molecule has 0 aromatic heterocycles. The maximum absolute atomic E-state index is 12.1. The van der Waals surface area contributed by atoms with E-state index >= 15 is 0 Å². The SMILES string of the molecule is COc1cccc(OCCNC(=O)c2cc([N+](=O)[O-])ccc2Cl)c1. The third-order valence-electron chi connectivity index (χ3n) is 3.10. The van der Waals surface area contributed by atoms with Crippen LogP contribution in [-0.4, -0.2) is 31.1 Å². The average molecular weight is 351 g/mol. The number of benzene rings is 2. The van der Waals surface area contributed by atoms with E-state index in [0.29, 0.717) is 11.5 Å². The van der Waals surface area contributed by atoms with E-state index in [-0.39, 0.29) is 29.4 Å². The van der Waals surface area contributed by atoms with Gasteiger partial charge in [0.25, 0.3) is 11.6 Å². The van der Waals surface area contributed by atoms with Gasteiger partial charge in [0.15, 0.2) is 0 Å². The first-order valence-corrected chi connectivity index (χ1v) is 7.38. The second kappa shape index (κ2) is 8.16. The van der Waals surface area contributed by atoms with Crippen molar-refractivity contribution in [2.45, 2.75) is 0 Å². The van der Waals surface area contributed by atoms with Gasteiger partial charge in [-0.3, -0.25) is 14.9 Å². The van der Waals surface area contributed by atoms with Gasteiger partial charge >= 0.3 is 0 Å². The van der Waals surface area contributed by atoms with Gasteiger partial charge in [-0.2, -0.15) is 0 Å². The van der Waals surface area contributed by atoms with E-state index in [9.17, 15) is 14.9 Å². The summed E-state index contributed by atoms with van der Waals surface area (Å²) in [4.78, 5) is 22.2. The van der Waals surface area contributed by atoms with Crippen LogP contribution in [0.5, 0.6) is 11.5 Å². The highest BCUT2D eigenvalue weighted by molar-refractivity contribution is 6.33. The summed E-state index contributed by atoms with van der Waals surface area (Å²) in [6.45, 7) is 0.445. The number of halogens is 1. The molecule has 2 aromatic rings. The van der Waals surface area contributed by atoms with Crippen LogP contribution in [0.2, 0.25) is 5.02 Å². The van der Waals surface area contributed by atoms with E-state index in [1.807, 2.05) is 0 Å². The van der Waals surface area contributed by atoms with Gasteiger partial charge in [0, 0.05) is 18.2 Å². The lowest BCUT2D eigenvalue weighted by molar-refractivity contribution is -0.384. The van der Waals surface area contributed by atoms with E-state index in [1.54, 1.807) is 31.4 Å². The Morgan fingerprint density at radius 3 is 2.71 bits per heavy atom. The normalized spacial score (nSPS) is 10.1. The third-order valence-corrected chi connectivity index (χ3v) is 3.43. The van der Waals surface area contributed by atoms with Crippen LogP contribution in [-0.2, 0) is 0 Å². The van der Waals surface area contributed by atoms with Crippen molar-refractivity contribution < 1.29 is 19.2 Å². The number of nitro benzene ring substituents is 1. The van der Waals surface area contributed by atoms with Gasteiger partial charge in [-0.15, -0.1) is 0 Å². The van der Waals surface area contributed by atoms with Crippen molar-refractivity contribution in [3.8, 4) is 11.5 Å². The zero-order chi connectivity index (χ0) is 17.5. The molecule has 0 aliphatic carbocycles. The largest absolute Gasteiger partial charge is 0.497 e. The molecule has 126 valence electrons. The second-order valence-corrected chi connectivity index (χ2v) is 5.11. The first kappa shape index (κ1) is 17.6. The Morgan fingerprint density at radius 1 is 1.25 bits per heavy atom. The number of nitrogens with zero attached hydrogens (tertiary/aromatic N) is 1. The fourth-order valence-electron chi connectivity index (χ4n) is 1.92. The second-order valence-electron chi connectivity index (χ2n) is 4.70. The van der Waals surface area contributed by atoms with Gasteiger partial charge in [0.2, 0.25) is 0 Å². The Bertz CT molecular complexity index is 751. The molecule has 2 rings (SSSR count). The molecule has 8 heteroatoms. The summed E-state index contributed by atoms with van der Waals surface area (Å²) in [5, 5.41) is 13.5. The van der Waals surface area contributed by atoms with Gasteiger partial charge < -0.3 is 14.8 Å². The lowest BCUT2D eigenvalue weighted by Gasteiger charge is -2.09. The van der Waals surface area contributed by atoms with E-state index < -0.39 is 10.8 Å². The highest BCUT2D eigenvalue weighted by Crippen LogP contribution is 2.22. The smallest absolute Gasteiger partial charge is 0.270 e. The number of amides is 1. The van der Waals surface area contributed by atoms with Crippen molar-refractivity contribution in [1.29, 1.82) is 0 Å². The van der Waals surface area contributed by atoms with Crippen LogP contribution < -0.4 is 14.8 Å². The molecule has 0 radical (unpaired) electrons. The monoisotopic (exact) mass is 350 g/mol. The Labute approximate surface area is 143 Å². The van der Waals surface area contributed by atoms with Crippen LogP contribution in [0, 0.1) is 10.1 Å². The molecule has 0 spiro atoms. The Kier molecular flexibility index (Phi) is 5.97.